The summed E-state index contributed by atoms with van der Waals surface area (Å²) < 4.78 is 9.57. The molecule has 4 heterocycles. The Labute approximate surface area is 246 Å². The van der Waals surface area contributed by atoms with E-state index in [0.29, 0.717) is 22.3 Å². The SMILES string of the molecule is CC(=O)c1cc2ccc(Br)cc2[nH]1.Cn1cc(N)cn1.NC1CCOC1.O=C(O)c1cc2ccc(Br)cc2s1. The smallest absolute Gasteiger partial charge is 0.345 e. The molecule has 39 heavy (non-hydrogen) atoms. The first-order valence-corrected chi connectivity index (χ1v) is 14.2. The second kappa shape index (κ2) is 14.4. The van der Waals surface area contributed by atoms with E-state index in [9.17, 15) is 9.59 Å². The number of thiophene rings is 1. The van der Waals surface area contributed by atoms with Crippen molar-refractivity contribution >= 4 is 81.6 Å². The molecule has 0 aliphatic carbocycles. The van der Waals surface area contributed by atoms with Crippen LogP contribution in [-0.4, -0.2) is 50.9 Å². The van der Waals surface area contributed by atoms with Gasteiger partial charge in [-0.25, -0.2) is 4.79 Å². The predicted molar refractivity (Wildman–Crippen MR) is 164 cm³/mol. The number of anilines is 1. The number of carboxylic acids is 1. The molecule has 1 aliphatic heterocycles. The van der Waals surface area contributed by atoms with E-state index in [0.717, 1.165) is 49.6 Å². The fourth-order valence-corrected chi connectivity index (χ4v) is 5.21. The molecule has 6 rings (SSSR count). The van der Waals surface area contributed by atoms with Gasteiger partial charge >= 0.3 is 5.97 Å². The highest BCUT2D eigenvalue weighted by Crippen LogP contribution is 2.28. The Kier molecular flexibility index (Phi) is 11.3. The van der Waals surface area contributed by atoms with Crippen molar-refractivity contribution in [3.63, 3.8) is 0 Å². The summed E-state index contributed by atoms with van der Waals surface area (Å²) in [6.07, 6.45) is 4.40. The van der Waals surface area contributed by atoms with Crippen LogP contribution in [0.5, 0.6) is 0 Å². The molecule has 5 aromatic rings. The van der Waals surface area contributed by atoms with Crippen LogP contribution in [0.4, 0.5) is 5.69 Å². The number of aryl methyl sites for hydroxylation is 1. The first-order valence-electron chi connectivity index (χ1n) is 11.8. The van der Waals surface area contributed by atoms with E-state index in [2.05, 4.69) is 41.9 Å². The zero-order valence-electron chi connectivity index (χ0n) is 21.4. The van der Waals surface area contributed by atoms with Crippen molar-refractivity contribution in [2.24, 2.45) is 12.8 Å². The van der Waals surface area contributed by atoms with Crippen LogP contribution in [0.1, 0.15) is 33.5 Å². The van der Waals surface area contributed by atoms with Crippen LogP contribution in [0.2, 0.25) is 0 Å². The summed E-state index contributed by atoms with van der Waals surface area (Å²) in [4.78, 5) is 25.1. The monoisotopic (exact) mass is 677 g/mol. The second-order valence-corrected chi connectivity index (χ2v) is 11.6. The summed E-state index contributed by atoms with van der Waals surface area (Å²) in [5, 5.41) is 14.6. The lowest BCUT2D eigenvalue weighted by Crippen LogP contribution is -2.18. The number of aromatic nitrogens is 3. The van der Waals surface area contributed by atoms with Gasteiger partial charge in [0.15, 0.2) is 5.78 Å². The van der Waals surface area contributed by atoms with Crippen LogP contribution in [-0.2, 0) is 11.8 Å². The van der Waals surface area contributed by atoms with Gasteiger partial charge in [0.1, 0.15) is 4.88 Å². The van der Waals surface area contributed by atoms with E-state index in [1.807, 2.05) is 49.5 Å². The van der Waals surface area contributed by atoms with E-state index < -0.39 is 5.97 Å². The van der Waals surface area contributed by atoms with Crippen LogP contribution in [0.3, 0.4) is 0 Å². The van der Waals surface area contributed by atoms with Crippen molar-refractivity contribution in [2.45, 2.75) is 19.4 Å². The molecule has 12 heteroatoms. The number of ether oxygens (including phenoxy) is 1. The van der Waals surface area contributed by atoms with E-state index in [1.54, 1.807) is 30.1 Å². The molecule has 2 aromatic carbocycles. The molecule has 0 saturated carbocycles. The molecule has 206 valence electrons. The molecule has 3 aromatic heterocycles. The molecule has 6 N–H and O–H groups in total. The number of nitrogen functional groups attached to an aromatic ring is 1. The highest BCUT2D eigenvalue weighted by atomic mass is 79.9. The molecule has 0 spiro atoms. The van der Waals surface area contributed by atoms with E-state index in [-0.39, 0.29) is 5.78 Å². The topological polar surface area (TPSA) is 149 Å². The summed E-state index contributed by atoms with van der Waals surface area (Å²) in [7, 11) is 1.83. The number of nitrogens with one attached hydrogen (secondary N) is 1. The number of fused-ring (bicyclic) bond motifs is 2. The Morgan fingerprint density at radius 2 is 1.82 bits per heavy atom. The quantitative estimate of drug-likeness (QED) is 0.162. The number of Topliss-reactive ketones (excluding diaryl/α,β-unsaturated/α-hetero) is 1. The minimum Gasteiger partial charge on any atom is -0.477 e. The number of hydrogen-bond acceptors (Lipinski definition) is 7. The van der Waals surface area contributed by atoms with Crippen molar-refractivity contribution in [1.82, 2.24) is 14.8 Å². The highest BCUT2D eigenvalue weighted by molar-refractivity contribution is 9.10. The number of aromatic carboxylic acids is 1. The molecule has 1 aliphatic rings. The maximum Gasteiger partial charge on any atom is 0.345 e. The number of carbonyl (C=O) groups excluding carboxylic acids is 1. The number of rotatable bonds is 2. The van der Waals surface area contributed by atoms with Gasteiger partial charge in [-0.15, -0.1) is 11.3 Å². The molecule has 9 nitrogen and oxygen atoms in total. The summed E-state index contributed by atoms with van der Waals surface area (Å²) in [5.74, 6) is -0.801. The van der Waals surface area contributed by atoms with Crippen LogP contribution in [0.25, 0.3) is 21.0 Å². The molecule has 0 bridgehead atoms. The average molecular weight is 679 g/mol. The zero-order chi connectivity index (χ0) is 28.5. The van der Waals surface area contributed by atoms with E-state index >= 15 is 0 Å². The Morgan fingerprint density at radius 3 is 2.31 bits per heavy atom. The number of H-pyrrole nitrogens is 1. The minimum absolute atomic E-state index is 0.0623. The maximum absolute atomic E-state index is 11.1. The molecule has 0 radical (unpaired) electrons. The largest absolute Gasteiger partial charge is 0.477 e. The van der Waals surface area contributed by atoms with Crippen LogP contribution < -0.4 is 11.5 Å². The maximum atomic E-state index is 11.1. The van der Waals surface area contributed by atoms with Gasteiger partial charge in [0.2, 0.25) is 0 Å². The van der Waals surface area contributed by atoms with E-state index in [1.165, 1.54) is 11.3 Å². The Morgan fingerprint density at radius 1 is 1.13 bits per heavy atom. The number of halogens is 2. The Hall–Kier alpha value is -3.03. The lowest BCUT2D eigenvalue weighted by molar-refractivity contribution is 0.0702. The summed E-state index contributed by atoms with van der Waals surface area (Å²) >= 11 is 8.00. The predicted octanol–water partition coefficient (Wildman–Crippen LogP) is 6.23. The Balaban J connectivity index is 0.000000151. The lowest BCUT2D eigenvalue weighted by atomic mass is 10.2. The molecule has 1 unspecified atom stereocenters. The van der Waals surface area contributed by atoms with Crippen molar-refractivity contribution in [3.05, 3.63) is 80.4 Å². The number of nitrogens with zero attached hydrogens (tertiary/aromatic N) is 2. The fourth-order valence-electron chi connectivity index (χ4n) is 3.39. The van der Waals surface area contributed by atoms with Crippen molar-refractivity contribution in [2.75, 3.05) is 18.9 Å². The number of nitrogens with two attached hydrogens (primary N) is 2. The molecular weight excluding hydrogens is 650 g/mol. The summed E-state index contributed by atoms with van der Waals surface area (Å²) in [6, 6.07) is 15.5. The summed E-state index contributed by atoms with van der Waals surface area (Å²) in [5.41, 5.74) is 13.1. The van der Waals surface area contributed by atoms with Crippen LogP contribution >= 0.6 is 43.2 Å². The number of benzene rings is 2. The zero-order valence-corrected chi connectivity index (χ0v) is 25.3. The minimum atomic E-state index is -0.864. The van der Waals surface area contributed by atoms with E-state index in [4.69, 9.17) is 21.3 Å². The number of carboxylic acid groups (broad SMARTS) is 1. The first-order chi connectivity index (χ1) is 18.5. The highest BCUT2D eigenvalue weighted by Gasteiger charge is 2.09. The van der Waals surface area contributed by atoms with Gasteiger partial charge in [0.25, 0.3) is 0 Å². The Bertz CT molecular complexity index is 1450. The van der Waals surface area contributed by atoms with Gasteiger partial charge in [-0.2, -0.15) is 5.10 Å². The molecule has 1 atom stereocenters. The second-order valence-electron chi connectivity index (χ2n) is 8.64. The number of hydrogen-bond donors (Lipinski definition) is 4. The fraction of sp³-hybridized carbons (Fsp3) is 0.222. The molecule has 1 saturated heterocycles. The molecular formula is C27H29Br2N5O4S. The third-order valence-corrected chi connectivity index (χ3v) is 7.42. The van der Waals surface area contributed by atoms with Gasteiger partial charge in [0, 0.05) is 57.4 Å². The first kappa shape index (κ1) is 30.5. The standard InChI is InChI=1S/C10H8BrNO.C9H5BrO2S.C4H7N3.C4H9NO/c1-6(13)9-4-7-2-3-8(11)5-10(7)12-9;10-6-2-1-5-3-8(9(11)12)13-7(5)4-6;1-7-3-4(5)2-6-7;5-4-1-2-6-3-4/h2-5,12H,1H3;1-4H,(H,11,12);2-3H,5H2,1H3;4H,1-3,5H2. The van der Waals surface area contributed by atoms with Gasteiger partial charge in [0.05, 0.1) is 24.2 Å². The number of aromatic amines is 1. The van der Waals surface area contributed by atoms with Gasteiger partial charge < -0.3 is 26.3 Å². The lowest BCUT2D eigenvalue weighted by Gasteiger charge is -1.90. The number of ketones is 1. The number of carbonyl (C=O) groups is 2. The van der Waals surface area contributed by atoms with Crippen LogP contribution in [0, 0.1) is 0 Å². The third kappa shape index (κ3) is 9.59. The average Bonchev–Trinajstić information content (AvgIpc) is 3.67. The molecule has 1 fully saturated rings. The van der Waals surface area contributed by atoms with Crippen LogP contribution in [0.15, 0.2) is 69.9 Å². The molecule has 0 amide bonds. The van der Waals surface area contributed by atoms with Gasteiger partial charge in [-0.1, -0.05) is 44.0 Å². The summed E-state index contributed by atoms with van der Waals surface area (Å²) in [6.45, 7) is 3.18. The van der Waals surface area contributed by atoms with Gasteiger partial charge in [-0.05, 0) is 48.2 Å². The van der Waals surface area contributed by atoms with Gasteiger partial charge in [-0.3, -0.25) is 9.48 Å². The normalized spacial score (nSPS) is 14.0. The third-order valence-electron chi connectivity index (χ3n) is 5.35. The van der Waals surface area contributed by atoms with Crippen molar-refractivity contribution in [1.29, 1.82) is 0 Å². The van der Waals surface area contributed by atoms with Crippen molar-refractivity contribution in [3.8, 4) is 0 Å². The van der Waals surface area contributed by atoms with Crippen molar-refractivity contribution < 1.29 is 19.4 Å².